The minimum atomic E-state index is 0.0371. The SMILES string of the molecule is NC(=NO)c1cccc(OCc2ccc(O)cc2)c1. The molecule has 2 aromatic rings. The number of amidine groups is 1. The Morgan fingerprint density at radius 1 is 1.16 bits per heavy atom. The van der Waals surface area contributed by atoms with Crippen molar-refractivity contribution in [3.05, 3.63) is 59.7 Å². The van der Waals surface area contributed by atoms with Crippen LogP contribution in [0.4, 0.5) is 0 Å². The van der Waals surface area contributed by atoms with Crippen LogP contribution >= 0.6 is 0 Å². The van der Waals surface area contributed by atoms with E-state index in [1.807, 2.05) is 0 Å². The van der Waals surface area contributed by atoms with Gasteiger partial charge >= 0.3 is 0 Å². The molecule has 5 nitrogen and oxygen atoms in total. The molecule has 0 aliphatic rings. The maximum absolute atomic E-state index is 9.17. The molecule has 0 unspecified atom stereocenters. The molecule has 0 fully saturated rings. The molecule has 0 aliphatic carbocycles. The predicted molar refractivity (Wildman–Crippen MR) is 71.4 cm³/mol. The van der Waals surface area contributed by atoms with Crippen LogP contribution < -0.4 is 10.5 Å². The Balaban J connectivity index is 2.05. The van der Waals surface area contributed by atoms with Crippen LogP contribution in [0.25, 0.3) is 0 Å². The van der Waals surface area contributed by atoms with Crippen LogP contribution in [-0.2, 0) is 6.61 Å². The second kappa shape index (κ2) is 5.77. The van der Waals surface area contributed by atoms with Gasteiger partial charge in [-0.15, -0.1) is 0 Å². The fraction of sp³-hybridized carbons (Fsp3) is 0.0714. The highest BCUT2D eigenvalue weighted by Crippen LogP contribution is 2.16. The minimum absolute atomic E-state index is 0.0371. The minimum Gasteiger partial charge on any atom is -0.508 e. The highest BCUT2D eigenvalue weighted by Gasteiger charge is 2.02. The van der Waals surface area contributed by atoms with Crippen LogP contribution in [0, 0.1) is 0 Å². The number of hydrogen-bond donors (Lipinski definition) is 3. The second-order valence-electron chi connectivity index (χ2n) is 3.97. The third kappa shape index (κ3) is 3.38. The quantitative estimate of drug-likeness (QED) is 0.339. The summed E-state index contributed by atoms with van der Waals surface area (Å²) in [4.78, 5) is 0. The van der Waals surface area contributed by atoms with Crippen LogP contribution in [0.3, 0.4) is 0 Å². The maximum atomic E-state index is 9.17. The number of oxime groups is 1. The van der Waals surface area contributed by atoms with Crippen LogP contribution in [0.1, 0.15) is 11.1 Å². The zero-order valence-electron chi connectivity index (χ0n) is 10.2. The molecular weight excluding hydrogens is 244 g/mol. The molecule has 2 rings (SSSR count). The van der Waals surface area contributed by atoms with Crippen molar-refractivity contribution < 1.29 is 15.1 Å². The average molecular weight is 258 g/mol. The lowest BCUT2D eigenvalue weighted by atomic mass is 10.2. The summed E-state index contributed by atoms with van der Waals surface area (Å²) in [5.41, 5.74) is 7.03. The topological polar surface area (TPSA) is 88.1 Å². The van der Waals surface area contributed by atoms with E-state index in [1.165, 1.54) is 0 Å². The normalized spacial score (nSPS) is 11.3. The summed E-state index contributed by atoms with van der Waals surface area (Å²) < 4.78 is 5.59. The van der Waals surface area contributed by atoms with Crippen molar-refractivity contribution >= 4 is 5.84 Å². The van der Waals surface area contributed by atoms with Crippen LogP contribution in [0.15, 0.2) is 53.7 Å². The van der Waals surface area contributed by atoms with Crippen molar-refractivity contribution in [2.75, 3.05) is 0 Å². The molecule has 0 saturated carbocycles. The lowest BCUT2D eigenvalue weighted by Gasteiger charge is -2.07. The Hall–Kier alpha value is -2.69. The number of aromatic hydroxyl groups is 1. The van der Waals surface area contributed by atoms with Crippen molar-refractivity contribution in [2.24, 2.45) is 10.9 Å². The first kappa shape index (κ1) is 12.8. The molecule has 0 saturated heterocycles. The van der Waals surface area contributed by atoms with E-state index in [1.54, 1.807) is 48.5 Å². The zero-order valence-corrected chi connectivity index (χ0v) is 10.2. The monoisotopic (exact) mass is 258 g/mol. The molecule has 0 spiro atoms. The molecule has 0 radical (unpaired) electrons. The molecule has 0 aromatic heterocycles. The zero-order chi connectivity index (χ0) is 13.7. The Morgan fingerprint density at radius 2 is 1.89 bits per heavy atom. The van der Waals surface area contributed by atoms with Crippen LogP contribution in [0.2, 0.25) is 0 Å². The van der Waals surface area contributed by atoms with Crippen molar-refractivity contribution in [2.45, 2.75) is 6.61 Å². The Kier molecular flexibility index (Phi) is 3.87. The van der Waals surface area contributed by atoms with Gasteiger partial charge in [0.2, 0.25) is 0 Å². The molecule has 4 N–H and O–H groups in total. The van der Waals surface area contributed by atoms with Crippen LogP contribution in [0.5, 0.6) is 11.5 Å². The van der Waals surface area contributed by atoms with Gasteiger partial charge in [0.25, 0.3) is 0 Å². The van der Waals surface area contributed by atoms with E-state index in [0.29, 0.717) is 17.9 Å². The molecular formula is C14H14N2O3. The number of nitrogens with zero attached hydrogens (tertiary/aromatic N) is 1. The van der Waals surface area contributed by atoms with Gasteiger partial charge in [0.1, 0.15) is 18.1 Å². The van der Waals surface area contributed by atoms with Crippen molar-refractivity contribution in [1.29, 1.82) is 0 Å². The summed E-state index contributed by atoms with van der Waals surface area (Å²) in [6.07, 6.45) is 0. The fourth-order valence-corrected chi connectivity index (χ4v) is 1.56. The lowest BCUT2D eigenvalue weighted by Crippen LogP contribution is -2.12. The van der Waals surface area contributed by atoms with Gasteiger partial charge in [0, 0.05) is 5.56 Å². The molecule has 19 heavy (non-hydrogen) atoms. The number of nitrogens with two attached hydrogens (primary N) is 1. The van der Waals surface area contributed by atoms with Gasteiger partial charge in [-0.25, -0.2) is 0 Å². The largest absolute Gasteiger partial charge is 0.508 e. The third-order valence-corrected chi connectivity index (χ3v) is 2.58. The predicted octanol–water partition coefficient (Wildman–Crippen LogP) is 2.07. The van der Waals surface area contributed by atoms with Gasteiger partial charge in [0.15, 0.2) is 5.84 Å². The molecule has 0 atom stereocenters. The highest BCUT2D eigenvalue weighted by atomic mass is 16.5. The van der Waals surface area contributed by atoms with Gasteiger partial charge in [-0.05, 0) is 29.8 Å². The maximum Gasteiger partial charge on any atom is 0.170 e. The molecule has 0 bridgehead atoms. The van der Waals surface area contributed by atoms with E-state index in [9.17, 15) is 5.11 Å². The van der Waals surface area contributed by atoms with Gasteiger partial charge < -0.3 is 20.8 Å². The number of hydrogen-bond acceptors (Lipinski definition) is 4. The average Bonchev–Trinajstić information content (AvgIpc) is 2.46. The summed E-state index contributed by atoms with van der Waals surface area (Å²) in [6.45, 7) is 0.375. The summed E-state index contributed by atoms with van der Waals surface area (Å²) in [6, 6.07) is 13.7. The van der Waals surface area contributed by atoms with Crippen molar-refractivity contribution in [1.82, 2.24) is 0 Å². The first-order chi connectivity index (χ1) is 9.19. The van der Waals surface area contributed by atoms with E-state index in [2.05, 4.69) is 5.16 Å². The number of benzene rings is 2. The number of ether oxygens (including phenoxy) is 1. The number of phenolic OH excluding ortho intramolecular Hbond substituents is 1. The van der Waals surface area contributed by atoms with E-state index in [4.69, 9.17) is 15.7 Å². The van der Waals surface area contributed by atoms with Gasteiger partial charge in [-0.1, -0.05) is 29.4 Å². The first-order valence-corrected chi connectivity index (χ1v) is 5.67. The van der Waals surface area contributed by atoms with Crippen molar-refractivity contribution in [3.63, 3.8) is 0 Å². The van der Waals surface area contributed by atoms with Crippen LogP contribution in [-0.4, -0.2) is 16.1 Å². The molecule has 0 heterocycles. The third-order valence-electron chi connectivity index (χ3n) is 2.58. The number of phenols is 1. The summed E-state index contributed by atoms with van der Waals surface area (Å²) in [5.74, 6) is 0.880. The van der Waals surface area contributed by atoms with Gasteiger partial charge in [0.05, 0.1) is 0 Å². The van der Waals surface area contributed by atoms with Gasteiger partial charge in [-0.2, -0.15) is 0 Å². The smallest absolute Gasteiger partial charge is 0.170 e. The second-order valence-corrected chi connectivity index (χ2v) is 3.97. The summed E-state index contributed by atoms with van der Waals surface area (Å²) >= 11 is 0. The summed E-state index contributed by atoms with van der Waals surface area (Å²) in [5, 5.41) is 20.7. The standard InChI is InChI=1S/C14H14N2O3/c15-14(16-18)11-2-1-3-13(8-11)19-9-10-4-6-12(17)7-5-10/h1-8,17-18H,9H2,(H2,15,16). The van der Waals surface area contributed by atoms with E-state index in [0.717, 1.165) is 5.56 Å². The fourth-order valence-electron chi connectivity index (χ4n) is 1.56. The molecule has 5 heteroatoms. The Morgan fingerprint density at radius 3 is 2.58 bits per heavy atom. The summed E-state index contributed by atoms with van der Waals surface area (Å²) in [7, 11) is 0. The number of rotatable bonds is 4. The molecule has 98 valence electrons. The highest BCUT2D eigenvalue weighted by molar-refractivity contribution is 5.97. The Bertz CT molecular complexity index is 579. The molecule has 0 aliphatic heterocycles. The van der Waals surface area contributed by atoms with Crippen molar-refractivity contribution in [3.8, 4) is 11.5 Å². The van der Waals surface area contributed by atoms with E-state index in [-0.39, 0.29) is 11.6 Å². The first-order valence-electron chi connectivity index (χ1n) is 5.67. The van der Waals surface area contributed by atoms with Gasteiger partial charge in [-0.3, -0.25) is 0 Å². The Labute approximate surface area is 110 Å². The van der Waals surface area contributed by atoms with E-state index >= 15 is 0 Å². The van der Waals surface area contributed by atoms with E-state index < -0.39 is 0 Å². The lowest BCUT2D eigenvalue weighted by molar-refractivity contribution is 0.306. The molecule has 2 aromatic carbocycles. The molecule has 0 amide bonds.